The number of rotatable bonds is 10. The van der Waals surface area contributed by atoms with E-state index in [9.17, 15) is 18.0 Å². The van der Waals surface area contributed by atoms with Crippen molar-refractivity contribution in [3.63, 3.8) is 0 Å². The highest BCUT2D eigenvalue weighted by molar-refractivity contribution is 7.89. The molecule has 0 aliphatic carbocycles. The summed E-state index contributed by atoms with van der Waals surface area (Å²) >= 11 is 0. The molecule has 1 saturated heterocycles. The van der Waals surface area contributed by atoms with Crippen LogP contribution in [0.1, 0.15) is 33.1 Å². The first-order chi connectivity index (χ1) is 21.3. The van der Waals surface area contributed by atoms with Crippen LogP contribution in [0.15, 0.2) is 108 Å². The van der Waals surface area contributed by atoms with Gasteiger partial charge in [-0.15, -0.1) is 0 Å². The Morgan fingerprint density at radius 2 is 1.52 bits per heavy atom. The molecule has 1 fully saturated rings. The summed E-state index contributed by atoms with van der Waals surface area (Å²) in [7, 11) is -2.14. The maximum Gasteiger partial charge on any atom is 0.259 e. The van der Waals surface area contributed by atoms with Crippen LogP contribution in [0.5, 0.6) is 5.75 Å². The fourth-order valence-electron chi connectivity index (χ4n) is 5.01. The molecule has 0 spiro atoms. The normalized spacial score (nSPS) is 14.4. The third-order valence-electron chi connectivity index (χ3n) is 7.49. The molecule has 4 aromatic rings. The van der Waals surface area contributed by atoms with Gasteiger partial charge >= 0.3 is 0 Å². The van der Waals surface area contributed by atoms with Gasteiger partial charge < -0.3 is 14.8 Å². The third kappa shape index (κ3) is 6.99. The van der Waals surface area contributed by atoms with Gasteiger partial charge in [-0.1, -0.05) is 60.2 Å². The summed E-state index contributed by atoms with van der Waals surface area (Å²) < 4.78 is 38.3. The van der Waals surface area contributed by atoms with Crippen LogP contribution < -0.4 is 15.0 Å². The first-order valence-electron chi connectivity index (χ1n) is 14.3. The SMILES string of the molecule is COc1ccc(CNC(=O)[C@@H](c2ccc(C)cc2)N(C(=O)c2ccc(S(=O)(=O)N3CCOCC3)cc2)c2ccccc2)cc1. The molecule has 9 nitrogen and oxygen atoms in total. The number of aryl methyl sites for hydroxylation is 1. The van der Waals surface area contributed by atoms with E-state index in [1.165, 1.54) is 33.5 Å². The van der Waals surface area contributed by atoms with Gasteiger partial charge in [-0.05, 0) is 66.6 Å². The summed E-state index contributed by atoms with van der Waals surface area (Å²) in [5.74, 6) is -0.104. The van der Waals surface area contributed by atoms with E-state index in [2.05, 4.69) is 5.32 Å². The molecule has 1 aliphatic rings. The van der Waals surface area contributed by atoms with E-state index in [1.54, 1.807) is 31.4 Å². The molecular formula is C34H35N3O6S. The van der Waals surface area contributed by atoms with Gasteiger partial charge in [0.1, 0.15) is 11.8 Å². The average Bonchev–Trinajstić information content (AvgIpc) is 3.07. The van der Waals surface area contributed by atoms with Crippen molar-refractivity contribution in [3.8, 4) is 5.75 Å². The Morgan fingerprint density at radius 1 is 0.886 bits per heavy atom. The van der Waals surface area contributed by atoms with E-state index in [0.29, 0.717) is 30.2 Å². The van der Waals surface area contributed by atoms with Crippen LogP contribution in [0.2, 0.25) is 0 Å². The van der Waals surface area contributed by atoms with Crippen molar-refractivity contribution < 1.29 is 27.5 Å². The van der Waals surface area contributed by atoms with E-state index in [0.717, 1.165) is 11.1 Å². The van der Waals surface area contributed by atoms with E-state index in [4.69, 9.17) is 9.47 Å². The Bertz CT molecular complexity index is 1670. The number of sulfonamides is 1. The maximum atomic E-state index is 14.3. The maximum absolute atomic E-state index is 14.3. The summed E-state index contributed by atoms with van der Waals surface area (Å²) in [5.41, 5.74) is 3.28. The second kappa shape index (κ2) is 13.9. The van der Waals surface area contributed by atoms with Crippen molar-refractivity contribution in [3.05, 3.63) is 125 Å². The molecule has 0 radical (unpaired) electrons. The number of ether oxygens (including phenoxy) is 2. The molecule has 0 bridgehead atoms. The van der Waals surface area contributed by atoms with E-state index in [1.807, 2.05) is 61.5 Å². The molecule has 1 aliphatic heterocycles. The Hall–Kier alpha value is -4.51. The zero-order valence-corrected chi connectivity index (χ0v) is 25.5. The molecule has 5 rings (SSSR count). The molecule has 4 aromatic carbocycles. The average molecular weight is 614 g/mol. The summed E-state index contributed by atoms with van der Waals surface area (Å²) in [6.07, 6.45) is 0. The van der Waals surface area contributed by atoms with Gasteiger partial charge in [0.05, 0.1) is 25.2 Å². The van der Waals surface area contributed by atoms with Crippen molar-refractivity contribution in [1.82, 2.24) is 9.62 Å². The largest absolute Gasteiger partial charge is 0.497 e. The monoisotopic (exact) mass is 613 g/mol. The fourth-order valence-corrected chi connectivity index (χ4v) is 6.42. The molecule has 1 heterocycles. The second-order valence-corrected chi connectivity index (χ2v) is 12.4. The lowest BCUT2D eigenvalue weighted by Gasteiger charge is -2.32. The topological polar surface area (TPSA) is 105 Å². The molecule has 44 heavy (non-hydrogen) atoms. The minimum atomic E-state index is -3.74. The predicted octanol–water partition coefficient (Wildman–Crippen LogP) is 4.73. The van der Waals surface area contributed by atoms with Gasteiger partial charge in [0.2, 0.25) is 15.9 Å². The molecule has 0 aromatic heterocycles. The molecule has 10 heteroatoms. The summed E-state index contributed by atoms with van der Waals surface area (Å²) in [5, 5.41) is 3.00. The first kappa shape index (κ1) is 30.9. The lowest BCUT2D eigenvalue weighted by atomic mass is 10.00. The number of anilines is 1. The van der Waals surface area contributed by atoms with Crippen LogP contribution in [0.25, 0.3) is 0 Å². The lowest BCUT2D eigenvalue weighted by Crippen LogP contribution is -2.44. The minimum Gasteiger partial charge on any atom is -0.497 e. The minimum absolute atomic E-state index is 0.0922. The second-order valence-electron chi connectivity index (χ2n) is 10.4. The van der Waals surface area contributed by atoms with Gasteiger partial charge in [0.15, 0.2) is 0 Å². The summed E-state index contributed by atoms with van der Waals surface area (Å²) in [6.45, 7) is 3.42. The standard InChI is InChI=1S/C34H35N3O6S/c1-25-8-12-27(13-9-25)32(33(38)35-24-26-10-16-30(42-2)17-11-26)37(29-6-4-3-5-7-29)34(39)28-14-18-31(19-15-28)44(40,41)36-20-22-43-23-21-36/h3-19,32H,20-24H2,1-2H3,(H,35,38)/t32-/m1/s1. The Kier molecular flexibility index (Phi) is 9.74. The van der Waals surface area contributed by atoms with Crippen LogP contribution >= 0.6 is 0 Å². The van der Waals surface area contributed by atoms with Gasteiger partial charge in [0.25, 0.3) is 5.91 Å². The zero-order chi connectivity index (χ0) is 31.1. The highest BCUT2D eigenvalue weighted by Crippen LogP contribution is 2.31. The quantitative estimate of drug-likeness (QED) is 0.277. The van der Waals surface area contributed by atoms with Crippen LogP contribution in [0.4, 0.5) is 5.69 Å². The van der Waals surface area contributed by atoms with Crippen molar-refractivity contribution in [2.45, 2.75) is 24.4 Å². The number of nitrogens with one attached hydrogen (secondary N) is 1. The van der Waals surface area contributed by atoms with Crippen LogP contribution in [-0.4, -0.2) is 58.0 Å². The van der Waals surface area contributed by atoms with Crippen LogP contribution in [-0.2, 0) is 26.1 Å². The van der Waals surface area contributed by atoms with E-state index < -0.39 is 22.0 Å². The number of carbonyl (C=O) groups excluding carboxylic acids is 2. The van der Waals surface area contributed by atoms with Crippen molar-refractivity contribution in [2.24, 2.45) is 0 Å². The smallest absolute Gasteiger partial charge is 0.259 e. The van der Waals surface area contributed by atoms with Crippen molar-refractivity contribution in [1.29, 1.82) is 0 Å². The molecule has 0 unspecified atom stereocenters. The fraction of sp³-hybridized carbons (Fsp3) is 0.235. The van der Waals surface area contributed by atoms with Gasteiger partial charge in [-0.3, -0.25) is 14.5 Å². The number of methoxy groups -OCH3 is 1. The van der Waals surface area contributed by atoms with Gasteiger partial charge in [0, 0.05) is 30.9 Å². The van der Waals surface area contributed by atoms with Gasteiger partial charge in [-0.25, -0.2) is 8.42 Å². The van der Waals surface area contributed by atoms with Crippen LogP contribution in [0.3, 0.4) is 0 Å². The van der Waals surface area contributed by atoms with Crippen LogP contribution in [0, 0.1) is 6.92 Å². The third-order valence-corrected chi connectivity index (χ3v) is 9.40. The number of para-hydroxylation sites is 1. The number of hydrogen-bond donors (Lipinski definition) is 1. The molecule has 1 atom stereocenters. The summed E-state index contributed by atoms with van der Waals surface area (Å²) in [6, 6.07) is 28.7. The Morgan fingerprint density at radius 3 is 2.14 bits per heavy atom. The molecule has 0 saturated carbocycles. The highest BCUT2D eigenvalue weighted by Gasteiger charge is 2.34. The van der Waals surface area contributed by atoms with E-state index >= 15 is 0 Å². The molecule has 1 N–H and O–H groups in total. The first-order valence-corrected chi connectivity index (χ1v) is 15.8. The number of morpholine rings is 1. The summed E-state index contributed by atoms with van der Waals surface area (Å²) in [4.78, 5) is 29.9. The van der Waals surface area contributed by atoms with E-state index in [-0.39, 0.29) is 36.0 Å². The lowest BCUT2D eigenvalue weighted by molar-refractivity contribution is -0.122. The molecule has 228 valence electrons. The Balaban J connectivity index is 1.49. The molecule has 2 amide bonds. The predicted molar refractivity (Wildman–Crippen MR) is 168 cm³/mol. The number of amides is 2. The number of benzene rings is 4. The zero-order valence-electron chi connectivity index (χ0n) is 24.7. The van der Waals surface area contributed by atoms with Crippen molar-refractivity contribution >= 4 is 27.5 Å². The Labute approximate surface area is 258 Å². The van der Waals surface area contributed by atoms with Crippen molar-refractivity contribution in [2.75, 3.05) is 38.3 Å². The number of nitrogens with zero attached hydrogens (tertiary/aromatic N) is 2. The van der Waals surface area contributed by atoms with Gasteiger partial charge in [-0.2, -0.15) is 4.31 Å². The number of carbonyl (C=O) groups is 2. The number of hydrogen-bond acceptors (Lipinski definition) is 6. The molecular weight excluding hydrogens is 578 g/mol. The highest BCUT2D eigenvalue weighted by atomic mass is 32.2.